The van der Waals surface area contributed by atoms with Gasteiger partial charge in [-0.15, -0.1) is 0 Å². The van der Waals surface area contributed by atoms with E-state index < -0.39 is 0 Å². The molecule has 0 aliphatic heterocycles. The third-order valence-corrected chi connectivity index (χ3v) is 2.83. The summed E-state index contributed by atoms with van der Waals surface area (Å²) in [6.45, 7) is 0.618. The molecule has 1 N–H and O–H groups in total. The molecule has 2 rings (SSSR count). The van der Waals surface area contributed by atoms with E-state index in [4.69, 9.17) is 0 Å². The first-order valence-electron chi connectivity index (χ1n) is 4.69. The van der Waals surface area contributed by atoms with Gasteiger partial charge in [-0.3, -0.25) is 0 Å². The Morgan fingerprint density at radius 1 is 1.25 bits per heavy atom. The van der Waals surface area contributed by atoms with E-state index in [0.717, 1.165) is 15.0 Å². The summed E-state index contributed by atoms with van der Waals surface area (Å²) in [4.78, 5) is 8.01. The monoisotopic (exact) mass is 329 g/mol. The number of hydrogen-bond acceptors (Lipinski definition) is 3. The molecular formula is C11H9FIN3. The van der Waals surface area contributed by atoms with Gasteiger partial charge in [0, 0.05) is 12.7 Å². The van der Waals surface area contributed by atoms with Crippen LogP contribution in [0.15, 0.2) is 36.8 Å². The smallest absolute Gasteiger partial charge is 0.143 e. The van der Waals surface area contributed by atoms with Crippen molar-refractivity contribution < 1.29 is 4.39 Å². The van der Waals surface area contributed by atoms with Crippen molar-refractivity contribution in [3.63, 3.8) is 0 Å². The largest absolute Gasteiger partial charge is 0.365 e. The second kappa shape index (κ2) is 5.20. The molecular weight excluding hydrogens is 320 g/mol. The summed E-state index contributed by atoms with van der Waals surface area (Å²) in [6, 6.07) is 6.39. The van der Waals surface area contributed by atoms with Crippen LogP contribution >= 0.6 is 22.6 Å². The number of aromatic nitrogens is 2. The average Bonchev–Trinajstić information content (AvgIpc) is 2.30. The highest BCUT2D eigenvalue weighted by Crippen LogP contribution is 2.13. The van der Waals surface area contributed by atoms with E-state index in [1.54, 1.807) is 18.3 Å². The molecule has 5 heteroatoms. The standard InChI is InChI=1S/C11H9FIN3/c12-9-3-1-8(2-4-9)5-15-11-10(13)6-14-7-16-11/h1-4,6-7H,5H2,(H,14,15,16). The molecule has 1 heterocycles. The van der Waals surface area contributed by atoms with Gasteiger partial charge in [0.15, 0.2) is 0 Å². The predicted octanol–water partition coefficient (Wildman–Crippen LogP) is 2.83. The third kappa shape index (κ3) is 2.88. The summed E-state index contributed by atoms with van der Waals surface area (Å²) >= 11 is 2.16. The SMILES string of the molecule is Fc1ccc(CNc2ncncc2I)cc1. The highest BCUT2D eigenvalue weighted by molar-refractivity contribution is 14.1. The summed E-state index contributed by atoms with van der Waals surface area (Å²) < 4.78 is 13.6. The van der Waals surface area contributed by atoms with Crippen molar-refractivity contribution in [3.8, 4) is 0 Å². The molecule has 0 atom stereocenters. The quantitative estimate of drug-likeness (QED) is 0.880. The molecule has 0 aliphatic carbocycles. The first kappa shape index (κ1) is 11.3. The van der Waals surface area contributed by atoms with Crippen molar-refractivity contribution >= 4 is 28.4 Å². The molecule has 3 nitrogen and oxygen atoms in total. The lowest BCUT2D eigenvalue weighted by Crippen LogP contribution is -2.03. The molecule has 2 aromatic rings. The summed E-state index contributed by atoms with van der Waals surface area (Å²) in [7, 11) is 0. The van der Waals surface area contributed by atoms with Crippen molar-refractivity contribution in [2.24, 2.45) is 0 Å². The number of hydrogen-bond donors (Lipinski definition) is 1. The molecule has 82 valence electrons. The first-order chi connectivity index (χ1) is 7.75. The molecule has 16 heavy (non-hydrogen) atoms. The van der Waals surface area contributed by atoms with Gasteiger partial charge in [0.1, 0.15) is 18.0 Å². The fourth-order valence-electron chi connectivity index (χ4n) is 1.23. The Morgan fingerprint density at radius 3 is 2.69 bits per heavy atom. The van der Waals surface area contributed by atoms with Gasteiger partial charge in [-0.2, -0.15) is 0 Å². The Balaban J connectivity index is 2.02. The van der Waals surface area contributed by atoms with Crippen molar-refractivity contribution in [2.75, 3.05) is 5.32 Å². The second-order valence-electron chi connectivity index (χ2n) is 3.20. The van der Waals surface area contributed by atoms with Gasteiger partial charge in [-0.25, -0.2) is 14.4 Å². The molecule has 0 amide bonds. The van der Waals surface area contributed by atoms with Gasteiger partial charge in [0.2, 0.25) is 0 Å². The van der Waals surface area contributed by atoms with Crippen LogP contribution in [0, 0.1) is 9.39 Å². The van der Waals surface area contributed by atoms with Crippen LogP contribution < -0.4 is 5.32 Å². The van der Waals surface area contributed by atoms with Gasteiger partial charge in [-0.1, -0.05) is 12.1 Å². The Hall–Kier alpha value is -1.24. The predicted molar refractivity (Wildman–Crippen MR) is 68.5 cm³/mol. The maximum Gasteiger partial charge on any atom is 0.143 e. The fraction of sp³-hybridized carbons (Fsp3) is 0.0909. The highest BCUT2D eigenvalue weighted by atomic mass is 127. The Kier molecular flexibility index (Phi) is 3.66. The van der Waals surface area contributed by atoms with Crippen LogP contribution in [0.25, 0.3) is 0 Å². The molecule has 1 aromatic heterocycles. The minimum absolute atomic E-state index is 0.222. The van der Waals surface area contributed by atoms with Crippen LogP contribution in [0.3, 0.4) is 0 Å². The van der Waals surface area contributed by atoms with E-state index in [1.165, 1.54) is 18.5 Å². The number of nitrogens with zero attached hydrogens (tertiary/aromatic N) is 2. The summed E-state index contributed by atoms with van der Waals surface area (Å²) in [5, 5.41) is 3.17. The molecule has 0 unspecified atom stereocenters. The van der Waals surface area contributed by atoms with Gasteiger partial charge >= 0.3 is 0 Å². The molecule has 0 spiro atoms. The number of rotatable bonds is 3. The van der Waals surface area contributed by atoms with Gasteiger partial charge in [0.25, 0.3) is 0 Å². The number of nitrogens with one attached hydrogen (secondary N) is 1. The zero-order valence-corrected chi connectivity index (χ0v) is 10.5. The lowest BCUT2D eigenvalue weighted by atomic mass is 10.2. The number of halogens is 2. The summed E-state index contributed by atoms with van der Waals surface area (Å²) in [5.74, 6) is 0.570. The number of anilines is 1. The molecule has 0 aliphatic rings. The average molecular weight is 329 g/mol. The van der Waals surface area contributed by atoms with E-state index >= 15 is 0 Å². The highest BCUT2D eigenvalue weighted by Gasteiger charge is 2.00. The van der Waals surface area contributed by atoms with Crippen LogP contribution in [0.1, 0.15) is 5.56 Å². The topological polar surface area (TPSA) is 37.8 Å². The van der Waals surface area contributed by atoms with Crippen LogP contribution in [-0.4, -0.2) is 9.97 Å². The molecule has 1 aromatic carbocycles. The molecule has 0 saturated heterocycles. The van der Waals surface area contributed by atoms with E-state index in [-0.39, 0.29) is 5.82 Å². The fourth-order valence-corrected chi connectivity index (χ4v) is 1.72. The van der Waals surface area contributed by atoms with Gasteiger partial charge < -0.3 is 5.32 Å². The zero-order chi connectivity index (χ0) is 11.4. The van der Waals surface area contributed by atoms with Crippen molar-refractivity contribution in [3.05, 3.63) is 51.7 Å². The van der Waals surface area contributed by atoms with E-state index in [2.05, 4.69) is 37.9 Å². The van der Waals surface area contributed by atoms with E-state index in [0.29, 0.717) is 6.54 Å². The minimum atomic E-state index is -0.222. The molecule has 0 bridgehead atoms. The molecule has 0 fully saturated rings. The minimum Gasteiger partial charge on any atom is -0.365 e. The van der Waals surface area contributed by atoms with Crippen molar-refractivity contribution in [1.82, 2.24) is 9.97 Å². The normalized spacial score (nSPS) is 10.1. The van der Waals surface area contributed by atoms with Crippen LogP contribution in [-0.2, 0) is 6.54 Å². The van der Waals surface area contributed by atoms with Crippen molar-refractivity contribution in [2.45, 2.75) is 6.54 Å². The maximum absolute atomic E-state index is 12.7. The van der Waals surface area contributed by atoms with Crippen molar-refractivity contribution in [1.29, 1.82) is 0 Å². The van der Waals surface area contributed by atoms with Gasteiger partial charge in [0.05, 0.1) is 3.57 Å². The molecule has 0 radical (unpaired) electrons. The number of benzene rings is 1. The van der Waals surface area contributed by atoms with E-state index in [9.17, 15) is 4.39 Å². The van der Waals surface area contributed by atoms with Crippen LogP contribution in [0.2, 0.25) is 0 Å². The Bertz CT molecular complexity index is 473. The first-order valence-corrected chi connectivity index (χ1v) is 5.77. The zero-order valence-electron chi connectivity index (χ0n) is 8.32. The van der Waals surface area contributed by atoms with Gasteiger partial charge in [-0.05, 0) is 40.3 Å². The van der Waals surface area contributed by atoms with Crippen LogP contribution in [0.5, 0.6) is 0 Å². The lowest BCUT2D eigenvalue weighted by molar-refractivity contribution is 0.627. The van der Waals surface area contributed by atoms with E-state index in [1.807, 2.05) is 0 Å². The Morgan fingerprint density at radius 2 is 2.00 bits per heavy atom. The second-order valence-corrected chi connectivity index (χ2v) is 4.36. The third-order valence-electron chi connectivity index (χ3n) is 2.04. The summed E-state index contributed by atoms with van der Waals surface area (Å²) in [5.41, 5.74) is 1.01. The summed E-state index contributed by atoms with van der Waals surface area (Å²) in [6.07, 6.45) is 3.23. The molecule has 0 saturated carbocycles. The van der Waals surface area contributed by atoms with Crippen LogP contribution in [0.4, 0.5) is 10.2 Å². The maximum atomic E-state index is 12.7. The Labute approximate surface area is 106 Å². The lowest BCUT2D eigenvalue weighted by Gasteiger charge is -2.06.